The van der Waals surface area contributed by atoms with Crippen LogP contribution in [0.15, 0.2) is 24.3 Å². The number of nitrogens with one attached hydrogen (secondary N) is 1. The third kappa shape index (κ3) is 5.87. The average molecular weight is 277 g/mol. The topological polar surface area (TPSA) is 66.4 Å². The van der Waals surface area contributed by atoms with Gasteiger partial charge in [0, 0.05) is 13.0 Å². The van der Waals surface area contributed by atoms with Gasteiger partial charge in [-0.3, -0.25) is 4.79 Å². The van der Waals surface area contributed by atoms with Crippen molar-refractivity contribution >= 4 is 11.9 Å². The fourth-order valence-electron chi connectivity index (χ4n) is 2.02. The van der Waals surface area contributed by atoms with E-state index in [0.717, 1.165) is 12.8 Å². The number of rotatable bonds is 8. The van der Waals surface area contributed by atoms with E-state index in [-0.39, 0.29) is 11.5 Å². The van der Waals surface area contributed by atoms with Crippen molar-refractivity contribution in [2.24, 2.45) is 5.92 Å². The maximum Gasteiger partial charge on any atom is 0.335 e. The van der Waals surface area contributed by atoms with Crippen LogP contribution < -0.4 is 5.32 Å². The van der Waals surface area contributed by atoms with Gasteiger partial charge in [0.15, 0.2) is 0 Å². The van der Waals surface area contributed by atoms with Crippen molar-refractivity contribution in [2.75, 3.05) is 6.54 Å². The van der Waals surface area contributed by atoms with Gasteiger partial charge in [-0.05, 0) is 36.8 Å². The summed E-state index contributed by atoms with van der Waals surface area (Å²) in [6.45, 7) is 5.01. The Labute approximate surface area is 120 Å². The second kappa shape index (κ2) is 8.35. The summed E-state index contributed by atoms with van der Waals surface area (Å²) in [7, 11) is 0. The predicted molar refractivity (Wildman–Crippen MR) is 78.8 cm³/mol. The van der Waals surface area contributed by atoms with Crippen LogP contribution in [-0.4, -0.2) is 23.5 Å². The van der Waals surface area contributed by atoms with Crippen molar-refractivity contribution in [1.82, 2.24) is 5.32 Å². The van der Waals surface area contributed by atoms with E-state index in [0.29, 0.717) is 30.9 Å². The molecule has 0 aliphatic carbocycles. The van der Waals surface area contributed by atoms with Gasteiger partial charge in [0.25, 0.3) is 0 Å². The van der Waals surface area contributed by atoms with Crippen LogP contribution in [0.5, 0.6) is 0 Å². The Bertz CT molecular complexity index is 455. The van der Waals surface area contributed by atoms with Crippen molar-refractivity contribution < 1.29 is 14.7 Å². The van der Waals surface area contributed by atoms with E-state index in [9.17, 15) is 9.59 Å². The summed E-state index contributed by atoms with van der Waals surface area (Å²) in [4.78, 5) is 22.7. The van der Waals surface area contributed by atoms with Crippen LogP contribution in [0.1, 0.15) is 49.0 Å². The lowest BCUT2D eigenvalue weighted by atomic mass is 10.0. The molecule has 0 aliphatic rings. The highest BCUT2D eigenvalue weighted by molar-refractivity contribution is 5.89. The lowest BCUT2D eigenvalue weighted by Crippen LogP contribution is -2.25. The molecule has 0 aromatic heterocycles. The third-order valence-electron chi connectivity index (χ3n) is 3.15. The molecule has 2 N–H and O–H groups in total. The number of carbonyl (C=O) groups is 2. The number of hydrogen-bond acceptors (Lipinski definition) is 2. The normalized spacial score (nSPS) is 10.6. The second-order valence-corrected chi connectivity index (χ2v) is 5.35. The van der Waals surface area contributed by atoms with Gasteiger partial charge in [0.1, 0.15) is 0 Å². The molecule has 4 nitrogen and oxygen atoms in total. The number of carboxylic acid groups (broad SMARTS) is 1. The van der Waals surface area contributed by atoms with Crippen molar-refractivity contribution in [1.29, 1.82) is 0 Å². The maximum atomic E-state index is 11.7. The summed E-state index contributed by atoms with van der Waals surface area (Å²) < 4.78 is 0. The molecule has 0 saturated carbocycles. The minimum atomic E-state index is -0.946. The fraction of sp³-hybridized carbons (Fsp3) is 0.500. The summed E-state index contributed by atoms with van der Waals surface area (Å²) in [5.74, 6) is -0.318. The number of carbonyl (C=O) groups excluding carboxylic acids is 1. The van der Waals surface area contributed by atoms with Crippen LogP contribution in [0.2, 0.25) is 0 Å². The van der Waals surface area contributed by atoms with Crippen LogP contribution in [-0.2, 0) is 11.2 Å². The van der Waals surface area contributed by atoms with E-state index in [1.165, 1.54) is 0 Å². The van der Waals surface area contributed by atoms with E-state index in [2.05, 4.69) is 19.2 Å². The molecular weight excluding hydrogens is 254 g/mol. The highest BCUT2D eigenvalue weighted by atomic mass is 16.4. The zero-order valence-electron chi connectivity index (χ0n) is 12.2. The number of benzene rings is 1. The molecule has 1 aromatic rings. The smallest absolute Gasteiger partial charge is 0.335 e. The van der Waals surface area contributed by atoms with Crippen LogP contribution in [0.4, 0.5) is 0 Å². The Kier molecular flexibility index (Phi) is 6.77. The molecule has 0 aliphatic heterocycles. The Morgan fingerprint density at radius 2 is 1.95 bits per heavy atom. The minimum absolute atomic E-state index is 0.0195. The van der Waals surface area contributed by atoms with E-state index < -0.39 is 5.97 Å². The molecule has 0 bridgehead atoms. The molecular formula is C16H23NO3. The van der Waals surface area contributed by atoms with Gasteiger partial charge in [0.2, 0.25) is 5.91 Å². The van der Waals surface area contributed by atoms with Gasteiger partial charge >= 0.3 is 5.97 Å². The molecule has 20 heavy (non-hydrogen) atoms. The number of amides is 1. The molecule has 110 valence electrons. The molecule has 0 spiro atoms. The predicted octanol–water partition coefficient (Wildman–Crippen LogP) is 2.87. The minimum Gasteiger partial charge on any atom is -0.478 e. The highest BCUT2D eigenvalue weighted by Gasteiger charge is 2.10. The molecule has 0 saturated heterocycles. The number of carboxylic acids is 1. The molecule has 0 atom stereocenters. The first-order valence-corrected chi connectivity index (χ1v) is 7.08. The quantitative estimate of drug-likeness (QED) is 0.718. The number of hydrogen-bond donors (Lipinski definition) is 2. The first-order valence-electron chi connectivity index (χ1n) is 7.08. The van der Waals surface area contributed by atoms with Crippen LogP contribution in [0.25, 0.3) is 0 Å². The van der Waals surface area contributed by atoms with E-state index in [1.54, 1.807) is 24.3 Å². The van der Waals surface area contributed by atoms with Crippen molar-refractivity contribution in [3.63, 3.8) is 0 Å². The molecule has 0 heterocycles. The fourth-order valence-corrected chi connectivity index (χ4v) is 2.02. The molecule has 4 heteroatoms. The molecule has 0 fully saturated rings. The zero-order valence-corrected chi connectivity index (χ0v) is 12.2. The lowest BCUT2D eigenvalue weighted by molar-refractivity contribution is -0.121. The SMILES string of the molecule is CC(C)CCCNC(=O)CCc1ccccc1C(=O)O. The van der Waals surface area contributed by atoms with Crippen molar-refractivity contribution in [3.8, 4) is 0 Å². The van der Waals surface area contributed by atoms with Gasteiger partial charge in [-0.2, -0.15) is 0 Å². The van der Waals surface area contributed by atoms with Crippen LogP contribution in [0.3, 0.4) is 0 Å². The lowest BCUT2D eigenvalue weighted by Gasteiger charge is -2.08. The Balaban J connectivity index is 2.36. The number of aryl methyl sites for hydroxylation is 1. The van der Waals surface area contributed by atoms with Gasteiger partial charge < -0.3 is 10.4 Å². The average Bonchev–Trinajstić information content (AvgIpc) is 2.41. The Morgan fingerprint density at radius 3 is 2.60 bits per heavy atom. The third-order valence-corrected chi connectivity index (χ3v) is 3.15. The second-order valence-electron chi connectivity index (χ2n) is 5.35. The molecule has 1 rings (SSSR count). The monoisotopic (exact) mass is 277 g/mol. The van der Waals surface area contributed by atoms with Gasteiger partial charge in [-0.15, -0.1) is 0 Å². The van der Waals surface area contributed by atoms with Gasteiger partial charge in [0.05, 0.1) is 5.56 Å². The summed E-state index contributed by atoms with van der Waals surface area (Å²) in [5, 5.41) is 11.9. The summed E-state index contributed by atoms with van der Waals surface area (Å²) in [6, 6.07) is 6.81. The summed E-state index contributed by atoms with van der Waals surface area (Å²) in [6.07, 6.45) is 2.86. The molecule has 0 unspecified atom stereocenters. The van der Waals surface area contributed by atoms with Gasteiger partial charge in [-0.1, -0.05) is 32.0 Å². The Hall–Kier alpha value is -1.84. The zero-order chi connectivity index (χ0) is 15.0. The highest BCUT2D eigenvalue weighted by Crippen LogP contribution is 2.11. The molecule has 0 radical (unpaired) electrons. The Morgan fingerprint density at radius 1 is 1.25 bits per heavy atom. The van der Waals surface area contributed by atoms with Crippen molar-refractivity contribution in [2.45, 2.75) is 39.5 Å². The van der Waals surface area contributed by atoms with Gasteiger partial charge in [-0.25, -0.2) is 4.79 Å². The van der Waals surface area contributed by atoms with Crippen LogP contribution in [0, 0.1) is 5.92 Å². The summed E-state index contributed by atoms with van der Waals surface area (Å²) in [5.41, 5.74) is 0.984. The standard InChI is InChI=1S/C16H23NO3/c1-12(2)6-5-11-17-15(18)10-9-13-7-3-4-8-14(13)16(19)20/h3-4,7-8,12H,5-6,9-11H2,1-2H3,(H,17,18)(H,19,20). The van der Waals surface area contributed by atoms with E-state index in [4.69, 9.17) is 5.11 Å². The van der Waals surface area contributed by atoms with Crippen LogP contribution >= 0.6 is 0 Å². The van der Waals surface area contributed by atoms with E-state index in [1.807, 2.05) is 0 Å². The number of aromatic carboxylic acids is 1. The largest absolute Gasteiger partial charge is 0.478 e. The molecule has 1 amide bonds. The molecule has 1 aromatic carbocycles. The maximum absolute atomic E-state index is 11.7. The van der Waals surface area contributed by atoms with E-state index >= 15 is 0 Å². The first-order chi connectivity index (χ1) is 9.50. The van der Waals surface area contributed by atoms with Crippen molar-refractivity contribution in [3.05, 3.63) is 35.4 Å². The summed E-state index contributed by atoms with van der Waals surface area (Å²) >= 11 is 0. The first kappa shape index (κ1) is 16.2.